The predicted molar refractivity (Wildman–Crippen MR) is 53.7 cm³/mol. The fourth-order valence-electron chi connectivity index (χ4n) is 2.50. The van der Waals surface area contributed by atoms with Crippen LogP contribution in [-0.4, -0.2) is 18.1 Å². The summed E-state index contributed by atoms with van der Waals surface area (Å²) in [7, 11) is 0. The summed E-state index contributed by atoms with van der Waals surface area (Å²) in [6.07, 6.45) is 7.47. The molecule has 14 heavy (non-hydrogen) atoms. The first-order valence-electron chi connectivity index (χ1n) is 5.72. The van der Waals surface area contributed by atoms with Gasteiger partial charge >= 0.3 is 5.97 Å². The van der Waals surface area contributed by atoms with Gasteiger partial charge in [0, 0.05) is 6.04 Å². The van der Waals surface area contributed by atoms with E-state index in [2.05, 4.69) is 0 Å². The van der Waals surface area contributed by atoms with E-state index in [1.807, 2.05) is 0 Å². The maximum absolute atomic E-state index is 11.7. The van der Waals surface area contributed by atoms with Crippen molar-refractivity contribution in [3.05, 3.63) is 0 Å². The second kappa shape index (κ2) is 4.30. The first kappa shape index (κ1) is 9.97. The van der Waals surface area contributed by atoms with Crippen molar-refractivity contribution in [1.29, 1.82) is 0 Å². The monoisotopic (exact) mass is 197 g/mol. The average molecular weight is 197 g/mol. The second-order valence-electron chi connectivity index (χ2n) is 4.61. The van der Waals surface area contributed by atoms with E-state index in [4.69, 9.17) is 10.5 Å². The van der Waals surface area contributed by atoms with Gasteiger partial charge in [0.1, 0.15) is 6.10 Å². The van der Waals surface area contributed by atoms with Gasteiger partial charge in [-0.2, -0.15) is 0 Å². The normalized spacial score (nSPS) is 33.5. The largest absolute Gasteiger partial charge is 0.462 e. The lowest BCUT2D eigenvalue weighted by atomic mass is 10.1. The van der Waals surface area contributed by atoms with Gasteiger partial charge in [-0.25, -0.2) is 0 Å². The van der Waals surface area contributed by atoms with Crippen LogP contribution < -0.4 is 5.73 Å². The smallest absolute Gasteiger partial charge is 0.309 e. The van der Waals surface area contributed by atoms with E-state index in [0.717, 1.165) is 32.1 Å². The molecule has 0 amide bonds. The first-order valence-corrected chi connectivity index (χ1v) is 5.72. The molecule has 80 valence electrons. The van der Waals surface area contributed by atoms with Gasteiger partial charge in [-0.3, -0.25) is 4.79 Å². The molecule has 2 aliphatic carbocycles. The summed E-state index contributed by atoms with van der Waals surface area (Å²) in [5.41, 5.74) is 5.76. The van der Waals surface area contributed by atoms with Gasteiger partial charge in [0.15, 0.2) is 0 Å². The van der Waals surface area contributed by atoms with Crippen LogP contribution in [-0.2, 0) is 9.53 Å². The van der Waals surface area contributed by atoms with Crippen LogP contribution in [0.2, 0.25) is 0 Å². The topological polar surface area (TPSA) is 52.3 Å². The van der Waals surface area contributed by atoms with Crippen molar-refractivity contribution >= 4 is 5.97 Å². The number of hydrogen-bond acceptors (Lipinski definition) is 3. The van der Waals surface area contributed by atoms with Crippen molar-refractivity contribution in [3.63, 3.8) is 0 Å². The fourth-order valence-corrected chi connectivity index (χ4v) is 2.50. The molecule has 0 heterocycles. The van der Waals surface area contributed by atoms with Gasteiger partial charge in [0.2, 0.25) is 0 Å². The molecule has 2 N–H and O–H groups in total. The highest BCUT2D eigenvalue weighted by Gasteiger charge is 2.31. The maximum atomic E-state index is 11.7. The minimum absolute atomic E-state index is 0.00449. The number of carbonyl (C=O) groups is 1. The van der Waals surface area contributed by atoms with Gasteiger partial charge in [-0.15, -0.1) is 0 Å². The zero-order chi connectivity index (χ0) is 9.97. The van der Waals surface area contributed by atoms with Gasteiger partial charge < -0.3 is 10.5 Å². The summed E-state index contributed by atoms with van der Waals surface area (Å²) in [6, 6.07) is 0.219. The van der Waals surface area contributed by atoms with Gasteiger partial charge in [-0.1, -0.05) is 0 Å². The minimum Gasteiger partial charge on any atom is -0.462 e. The van der Waals surface area contributed by atoms with Gasteiger partial charge in [-0.05, 0) is 44.9 Å². The fraction of sp³-hybridized carbons (Fsp3) is 0.909. The molecule has 0 bridgehead atoms. The Balaban J connectivity index is 1.77. The van der Waals surface area contributed by atoms with E-state index >= 15 is 0 Å². The summed E-state index contributed by atoms with van der Waals surface area (Å²) >= 11 is 0. The molecule has 2 rings (SSSR count). The highest BCUT2D eigenvalue weighted by atomic mass is 16.5. The van der Waals surface area contributed by atoms with E-state index in [-0.39, 0.29) is 24.0 Å². The van der Waals surface area contributed by atoms with Crippen LogP contribution in [0, 0.1) is 5.92 Å². The number of esters is 1. The van der Waals surface area contributed by atoms with Crippen LogP contribution in [0.5, 0.6) is 0 Å². The Kier molecular flexibility index (Phi) is 3.06. The molecule has 0 aromatic rings. The molecular formula is C11H19NO2. The van der Waals surface area contributed by atoms with Crippen molar-refractivity contribution in [2.45, 2.75) is 57.1 Å². The summed E-state index contributed by atoms with van der Waals surface area (Å²) in [5.74, 6) is 0.0930. The zero-order valence-corrected chi connectivity index (χ0v) is 8.58. The van der Waals surface area contributed by atoms with E-state index in [1.165, 1.54) is 12.8 Å². The molecule has 2 atom stereocenters. The molecule has 0 spiro atoms. The molecule has 0 aliphatic heterocycles. The van der Waals surface area contributed by atoms with Gasteiger partial charge in [0.05, 0.1) is 5.92 Å². The number of rotatable bonds is 2. The summed E-state index contributed by atoms with van der Waals surface area (Å²) < 4.78 is 5.45. The van der Waals surface area contributed by atoms with Crippen LogP contribution in [0.25, 0.3) is 0 Å². The molecule has 2 fully saturated rings. The Labute approximate surface area is 85.0 Å². The third-order valence-electron chi connectivity index (χ3n) is 3.39. The van der Waals surface area contributed by atoms with E-state index < -0.39 is 0 Å². The Morgan fingerprint density at radius 3 is 2.43 bits per heavy atom. The third kappa shape index (κ3) is 2.27. The molecule has 0 unspecified atom stereocenters. The van der Waals surface area contributed by atoms with Crippen molar-refractivity contribution in [1.82, 2.24) is 0 Å². The predicted octanol–water partition coefficient (Wildman–Crippen LogP) is 1.60. The second-order valence-corrected chi connectivity index (χ2v) is 4.61. The Bertz CT molecular complexity index is 211. The van der Waals surface area contributed by atoms with Crippen LogP contribution in [0.1, 0.15) is 44.9 Å². The SMILES string of the molecule is N[C@H]1CC[C@@H](C(=O)OC2CCCC2)C1. The Hall–Kier alpha value is -0.570. The van der Waals surface area contributed by atoms with Crippen LogP contribution in [0.15, 0.2) is 0 Å². The van der Waals surface area contributed by atoms with E-state index in [0.29, 0.717) is 0 Å². The molecule has 3 heteroatoms. The minimum atomic E-state index is 0.00449. The zero-order valence-electron chi connectivity index (χ0n) is 8.58. The lowest BCUT2D eigenvalue weighted by Crippen LogP contribution is -2.23. The van der Waals surface area contributed by atoms with E-state index in [9.17, 15) is 4.79 Å². The molecule has 0 aromatic heterocycles. The Morgan fingerprint density at radius 1 is 1.14 bits per heavy atom. The van der Waals surface area contributed by atoms with Crippen molar-refractivity contribution in [3.8, 4) is 0 Å². The summed E-state index contributed by atoms with van der Waals surface area (Å²) in [4.78, 5) is 11.7. The van der Waals surface area contributed by atoms with Crippen molar-refractivity contribution < 1.29 is 9.53 Å². The molecule has 2 aliphatic rings. The molecule has 0 aromatic carbocycles. The molecule has 0 saturated heterocycles. The standard InChI is InChI=1S/C11H19NO2/c12-9-6-5-8(7-9)11(13)14-10-3-1-2-4-10/h8-10H,1-7,12H2/t8-,9+/m1/s1. The molecule has 0 radical (unpaired) electrons. The lowest BCUT2D eigenvalue weighted by molar-refractivity contribution is -0.153. The quantitative estimate of drug-likeness (QED) is 0.684. The first-order chi connectivity index (χ1) is 6.75. The van der Waals surface area contributed by atoms with Gasteiger partial charge in [0.25, 0.3) is 0 Å². The van der Waals surface area contributed by atoms with Crippen LogP contribution >= 0.6 is 0 Å². The lowest BCUT2D eigenvalue weighted by Gasteiger charge is -2.14. The van der Waals surface area contributed by atoms with Crippen molar-refractivity contribution in [2.24, 2.45) is 11.7 Å². The summed E-state index contributed by atoms with van der Waals surface area (Å²) in [5, 5.41) is 0. The number of nitrogens with two attached hydrogens (primary N) is 1. The number of ether oxygens (including phenoxy) is 1. The highest BCUT2D eigenvalue weighted by molar-refractivity contribution is 5.73. The highest BCUT2D eigenvalue weighted by Crippen LogP contribution is 2.28. The number of carbonyl (C=O) groups excluding carboxylic acids is 1. The average Bonchev–Trinajstić information content (AvgIpc) is 2.75. The van der Waals surface area contributed by atoms with Crippen molar-refractivity contribution in [2.75, 3.05) is 0 Å². The van der Waals surface area contributed by atoms with E-state index in [1.54, 1.807) is 0 Å². The molecule has 3 nitrogen and oxygen atoms in total. The number of hydrogen-bond donors (Lipinski definition) is 1. The van der Waals surface area contributed by atoms with Crippen LogP contribution in [0.3, 0.4) is 0 Å². The maximum Gasteiger partial charge on any atom is 0.309 e. The van der Waals surface area contributed by atoms with Crippen LogP contribution in [0.4, 0.5) is 0 Å². The summed E-state index contributed by atoms with van der Waals surface area (Å²) in [6.45, 7) is 0. The molecular weight excluding hydrogens is 178 g/mol. The molecule has 2 saturated carbocycles. The third-order valence-corrected chi connectivity index (χ3v) is 3.39. The Morgan fingerprint density at radius 2 is 1.86 bits per heavy atom.